The van der Waals surface area contributed by atoms with Crippen LogP contribution in [0.5, 0.6) is 0 Å². The molecule has 2 nitrogen and oxygen atoms in total. The van der Waals surface area contributed by atoms with Crippen LogP contribution in [0.1, 0.15) is 6.42 Å². The van der Waals surface area contributed by atoms with Crippen LogP contribution in [0, 0.1) is 5.92 Å². The summed E-state index contributed by atoms with van der Waals surface area (Å²) in [7, 11) is 0. The van der Waals surface area contributed by atoms with E-state index in [9.17, 15) is 5.11 Å². The first kappa shape index (κ1) is 10.2. The Bertz CT molecular complexity index is 220. The Labute approximate surface area is 79.7 Å². The summed E-state index contributed by atoms with van der Waals surface area (Å²) < 4.78 is 0. The van der Waals surface area contributed by atoms with Crippen LogP contribution in [0.25, 0.3) is 0 Å². The molecule has 0 amide bonds. The van der Waals surface area contributed by atoms with Gasteiger partial charge in [0.2, 0.25) is 0 Å². The van der Waals surface area contributed by atoms with Crippen molar-refractivity contribution in [2.24, 2.45) is 5.92 Å². The van der Waals surface area contributed by atoms with E-state index in [1.54, 1.807) is 12.2 Å². The Morgan fingerprint density at radius 3 is 2.77 bits per heavy atom. The van der Waals surface area contributed by atoms with E-state index in [0.717, 1.165) is 18.5 Å². The van der Waals surface area contributed by atoms with E-state index in [2.05, 4.69) is 18.5 Å². The summed E-state index contributed by atoms with van der Waals surface area (Å²) >= 11 is 0. The van der Waals surface area contributed by atoms with Crippen molar-refractivity contribution in [3.63, 3.8) is 0 Å². The zero-order valence-electron chi connectivity index (χ0n) is 7.87. The summed E-state index contributed by atoms with van der Waals surface area (Å²) in [6.45, 7) is 9.02. The third-order valence-corrected chi connectivity index (χ3v) is 2.42. The third-order valence-electron chi connectivity index (χ3n) is 2.42. The van der Waals surface area contributed by atoms with E-state index in [1.165, 1.54) is 0 Å². The lowest BCUT2D eigenvalue weighted by molar-refractivity contribution is 0.101. The fraction of sp³-hybridized carbons (Fsp3) is 0.455. The molecule has 0 spiro atoms. The molecule has 2 heteroatoms. The van der Waals surface area contributed by atoms with Crippen LogP contribution in [0.4, 0.5) is 0 Å². The number of allylic oxidation sites excluding steroid dienone is 3. The van der Waals surface area contributed by atoms with Crippen LogP contribution >= 0.6 is 0 Å². The van der Waals surface area contributed by atoms with Gasteiger partial charge in [-0.25, -0.2) is 0 Å². The van der Waals surface area contributed by atoms with Gasteiger partial charge in [-0.2, -0.15) is 0 Å². The maximum Gasteiger partial charge on any atom is 0.0733 e. The molecule has 1 aliphatic rings. The standard InChI is InChI=1S/C11H17NO/c1-3-5-9(4-2)10-6-7-12-8-11(10)13/h3-5,10-13H,1-2,6-8H2. The number of aliphatic hydroxyl groups is 1. The van der Waals surface area contributed by atoms with Gasteiger partial charge in [0.1, 0.15) is 0 Å². The van der Waals surface area contributed by atoms with Crippen molar-refractivity contribution in [3.05, 3.63) is 37.0 Å². The first-order chi connectivity index (χ1) is 6.29. The molecule has 0 aliphatic carbocycles. The fourth-order valence-electron chi connectivity index (χ4n) is 1.71. The summed E-state index contributed by atoms with van der Waals surface area (Å²) in [4.78, 5) is 0. The molecule has 1 fully saturated rings. The minimum Gasteiger partial charge on any atom is -0.391 e. The van der Waals surface area contributed by atoms with Gasteiger partial charge in [0.15, 0.2) is 0 Å². The number of hydrogen-bond donors (Lipinski definition) is 2. The summed E-state index contributed by atoms with van der Waals surface area (Å²) in [5, 5.41) is 12.9. The summed E-state index contributed by atoms with van der Waals surface area (Å²) in [5.41, 5.74) is 1.09. The van der Waals surface area contributed by atoms with E-state index in [0.29, 0.717) is 6.54 Å². The molecule has 1 aliphatic heterocycles. The average Bonchev–Trinajstić information content (AvgIpc) is 2.16. The molecule has 2 unspecified atom stereocenters. The number of nitrogens with one attached hydrogen (secondary N) is 1. The first-order valence-corrected chi connectivity index (χ1v) is 4.63. The van der Waals surface area contributed by atoms with Crippen molar-refractivity contribution in [2.75, 3.05) is 13.1 Å². The normalized spacial score (nSPS) is 29.8. The topological polar surface area (TPSA) is 32.3 Å². The van der Waals surface area contributed by atoms with Gasteiger partial charge in [-0.1, -0.05) is 31.4 Å². The lowest BCUT2D eigenvalue weighted by Crippen LogP contribution is -2.41. The lowest BCUT2D eigenvalue weighted by atomic mass is 9.87. The first-order valence-electron chi connectivity index (χ1n) is 4.63. The molecular formula is C11H17NO. The predicted molar refractivity (Wildman–Crippen MR) is 55.5 cm³/mol. The smallest absolute Gasteiger partial charge is 0.0733 e. The van der Waals surface area contributed by atoms with E-state index in [-0.39, 0.29) is 12.0 Å². The number of piperidine rings is 1. The molecule has 2 N–H and O–H groups in total. The monoisotopic (exact) mass is 179 g/mol. The van der Waals surface area contributed by atoms with E-state index < -0.39 is 0 Å². The summed E-state index contributed by atoms with van der Waals surface area (Å²) in [5.74, 6) is 0.219. The number of rotatable bonds is 3. The Kier molecular flexibility index (Phi) is 3.93. The second-order valence-electron chi connectivity index (χ2n) is 3.27. The van der Waals surface area contributed by atoms with E-state index in [1.807, 2.05) is 6.08 Å². The molecule has 0 aromatic carbocycles. The second kappa shape index (κ2) is 5.00. The highest BCUT2D eigenvalue weighted by atomic mass is 16.3. The van der Waals surface area contributed by atoms with E-state index >= 15 is 0 Å². The Morgan fingerprint density at radius 1 is 1.46 bits per heavy atom. The third kappa shape index (κ3) is 2.54. The minimum atomic E-state index is -0.294. The molecule has 0 aromatic heterocycles. The molecule has 0 radical (unpaired) electrons. The molecular weight excluding hydrogens is 162 g/mol. The number of β-amino-alcohol motifs (C(OH)–C–C–N with tert-alkyl or cyclic N) is 1. The average molecular weight is 179 g/mol. The van der Waals surface area contributed by atoms with Crippen LogP contribution in [0.15, 0.2) is 37.0 Å². The largest absolute Gasteiger partial charge is 0.391 e. The van der Waals surface area contributed by atoms with Gasteiger partial charge in [-0.15, -0.1) is 0 Å². The van der Waals surface area contributed by atoms with Gasteiger partial charge in [0, 0.05) is 12.5 Å². The molecule has 0 saturated carbocycles. The summed E-state index contributed by atoms with van der Waals surface area (Å²) in [6.07, 6.45) is 6.14. The van der Waals surface area contributed by atoms with Crippen molar-refractivity contribution < 1.29 is 5.11 Å². The lowest BCUT2D eigenvalue weighted by Gasteiger charge is -2.29. The number of hydrogen-bond acceptors (Lipinski definition) is 2. The van der Waals surface area contributed by atoms with Crippen LogP contribution in [-0.2, 0) is 0 Å². The molecule has 72 valence electrons. The van der Waals surface area contributed by atoms with Crippen LogP contribution < -0.4 is 5.32 Å². The highest BCUT2D eigenvalue weighted by molar-refractivity contribution is 5.25. The maximum atomic E-state index is 9.71. The van der Waals surface area contributed by atoms with Gasteiger partial charge in [-0.05, 0) is 18.5 Å². The summed E-state index contributed by atoms with van der Waals surface area (Å²) in [6, 6.07) is 0. The molecule has 1 heterocycles. The molecule has 2 atom stereocenters. The second-order valence-corrected chi connectivity index (χ2v) is 3.27. The zero-order valence-corrected chi connectivity index (χ0v) is 7.87. The van der Waals surface area contributed by atoms with Crippen LogP contribution in [-0.4, -0.2) is 24.3 Å². The highest BCUT2D eigenvalue weighted by Gasteiger charge is 2.24. The predicted octanol–water partition coefficient (Wildman–Crippen LogP) is 1.26. The Morgan fingerprint density at radius 2 is 2.23 bits per heavy atom. The molecule has 1 saturated heterocycles. The number of aliphatic hydroxyl groups excluding tert-OH is 1. The van der Waals surface area contributed by atoms with Crippen molar-refractivity contribution >= 4 is 0 Å². The van der Waals surface area contributed by atoms with Crippen molar-refractivity contribution in [3.8, 4) is 0 Å². The van der Waals surface area contributed by atoms with Crippen LogP contribution in [0.3, 0.4) is 0 Å². The maximum absolute atomic E-state index is 9.71. The van der Waals surface area contributed by atoms with Gasteiger partial charge >= 0.3 is 0 Å². The van der Waals surface area contributed by atoms with Crippen molar-refractivity contribution in [1.29, 1.82) is 0 Å². The van der Waals surface area contributed by atoms with Crippen molar-refractivity contribution in [2.45, 2.75) is 12.5 Å². The highest BCUT2D eigenvalue weighted by Crippen LogP contribution is 2.22. The molecule has 1 rings (SSSR count). The fourth-order valence-corrected chi connectivity index (χ4v) is 1.71. The Balaban J connectivity index is 2.71. The zero-order chi connectivity index (χ0) is 9.68. The molecule has 0 bridgehead atoms. The van der Waals surface area contributed by atoms with Crippen LogP contribution in [0.2, 0.25) is 0 Å². The quantitative estimate of drug-likeness (QED) is 0.639. The van der Waals surface area contributed by atoms with Gasteiger partial charge in [-0.3, -0.25) is 0 Å². The van der Waals surface area contributed by atoms with Gasteiger partial charge in [0.25, 0.3) is 0 Å². The van der Waals surface area contributed by atoms with Gasteiger partial charge < -0.3 is 10.4 Å². The molecule has 13 heavy (non-hydrogen) atoms. The minimum absolute atomic E-state index is 0.219. The SMILES string of the molecule is C=CC=C(C=C)C1CCNCC1O. The van der Waals surface area contributed by atoms with E-state index in [4.69, 9.17) is 0 Å². The van der Waals surface area contributed by atoms with Crippen molar-refractivity contribution in [1.82, 2.24) is 5.32 Å². The molecule has 0 aromatic rings. The Hall–Kier alpha value is -0.860. The van der Waals surface area contributed by atoms with Gasteiger partial charge in [0.05, 0.1) is 6.10 Å².